The molecule has 0 radical (unpaired) electrons. The first-order chi connectivity index (χ1) is 2.64. The standard InChI is InChI=1S/C4H6O/c1-4(2)3-5/h3H,1H2,2H3/i3D. The molecule has 0 aliphatic carbocycles. The van der Waals surface area contributed by atoms with Gasteiger partial charge in [0.2, 0.25) is 0 Å². The van der Waals surface area contributed by atoms with E-state index in [9.17, 15) is 4.79 Å². The van der Waals surface area contributed by atoms with Crippen LogP contribution in [0.4, 0.5) is 0 Å². The third-order valence-electron chi connectivity index (χ3n) is 0.174. The number of allylic oxidation sites excluding steroid dienone is 1. The number of carbonyl (C=O) groups excluding carboxylic acids is 1. The summed E-state index contributed by atoms with van der Waals surface area (Å²) in [7, 11) is 0. The van der Waals surface area contributed by atoms with E-state index in [1.165, 1.54) is 6.92 Å². The normalized spacial score (nSPS) is 9.40. The quantitative estimate of drug-likeness (QED) is 0.329. The highest BCUT2D eigenvalue weighted by Crippen LogP contribution is 1.70. The summed E-state index contributed by atoms with van der Waals surface area (Å²) in [5.74, 6) is 0. The Kier molecular flexibility index (Phi) is 0.898. The number of carbonyl (C=O) groups is 1. The second kappa shape index (κ2) is 1.70. The molecule has 0 saturated carbocycles. The lowest BCUT2D eigenvalue weighted by molar-refractivity contribution is -0.104. The third-order valence-corrected chi connectivity index (χ3v) is 0.174. The van der Waals surface area contributed by atoms with E-state index in [1.807, 2.05) is 0 Å². The smallest absolute Gasteiger partial charge is 0.145 e. The molecule has 0 aromatic rings. The van der Waals surface area contributed by atoms with Gasteiger partial charge in [0.05, 0.1) is 0 Å². The molecule has 0 bridgehead atoms. The van der Waals surface area contributed by atoms with Gasteiger partial charge in [0, 0.05) is 0 Å². The van der Waals surface area contributed by atoms with Gasteiger partial charge < -0.3 is 0 Å². The molecule has 28 valence electrons. The summed E-state index contributed by atoms with van der Waals surface area (Å²) in [5, 5.41) is 0. The molecule has 0 heterocycles. The predicted molar refractivity (Wildman–Crippen MR) is 20.9 cm³/mol. The van der Waals surface area contributed by atoms with E-state index in [0.29, 0.717) is 0 Å². The molecule has 0 rings (SSSR count). The van der Waals surface area contributed by atoms with Crippen molar-refractivity contribution in [2.75, 3.05) is 0 Å². The van der Waals surface area contributed by atoms with Gasteiger partial charge in [0.15, 0.2) is 0 Å². The van der Waals surface area contributed by atoms with Gasteiger partial charge >= 0.3 is 0 Å². The van der Waals surface area contributed by atoms with Crippen LogP contribution in [0.15, 0.2) is 12.2 Å². The summed E-state index contributed by atoms with van der Waals surface area (Å²) < 4.78 is 6.29. The first kappa shape index (κ1) is 2.64. The van der Waals surface area contributed by atoms with Gasteiger partial charge in [-0.15, -0.1) is 0 Å². The van der Waals surface area contributed by atoms with Crippen LogP contribution in [0.25, 0.3) is 0 Å². The minimum atomic E-state index is -0.685. The molecule has 0 aromatic heterocycles. The minimum Gasteiger partial charge on any atom is -0.298 e. The average Bonchev–Trinajstić information content (AvgIpc) is 1.36. The van der Waals surface area contributed by atoms with Crippen molar-refractivity contribution in [3.05, 3.63) is 12.2 Å². The molecule has 0 aromatic carbocycles. The largest absolute Gasteiger partial charge is 0.298 e. The van der Waals surface area contributed by atoms with E-state index >= 15 is 0 Å². The van der Waals surface area contributed by atoms with Crippen molar-refractivity contribution in [2.45, 2.75) is 6.92 Å². The maximum atomic E-state index is 9.71. The van der Waals surface area contributed by atoms with Gasteiger partial charge in [0.25, 0.3) is 0 Å². The highest BCUT2D eigenvalue weighted by molar-refractivity contribution is 5.70. The van der Waals surface area contributed by atoms with Gasteiger partial charge in [-0.25, -0.2) is 0 Å². The molecule has 1 heteroatoms. The van der Waals surface area contributed by atoms with E-state index in [4.69, 9.17) is 1.37 Å². The molecule has 0 saturated heterocycles. The minimum absolute atomic E-state index is 0.287. The lowest BCUT2D eigenvalue weighted by Crippen LogP contribution is -1.65. The molecule has 0 spiro atoms. The van der Waals surface area contributed by atoms with Crippen molar-refractivity contribution in [3.8, 4) is 0 Å². The second-order valence-corrected chi connectivity index (χ2v) is 0.882. The fourth-order valence-corrected chi connectivity index (χ4v) is 0. The van der Waals surface area contributed by atoms with Crippen molar-refractivity contribution in [3.63, 3.8) is 0 Å². The summed E-state index contributed by atoms with van der Waals surface area (Å²) in [5.41, 5.74) is 0.287. The third kappa shape index (κ3) is 3.41. The fraction of sp³-hybridized carbons (Fsp3) is 0.250. The van der Waals surface area contributed by atoms with E-state index in [-0.39, 0.29) is 5.57 Å². The molecule has 0 fully saturated rings. The summed E-state index contributed by atoms with van der Waals surface area (Å²) in [6.45, 7) is 4.73. The van der Waals surface area contributed by atoms with Gasteiger partial charge in [0.1, 0.15) is 7.63 Å². The van der Waals surface area contributed by atoms with E-state index in [1.54, 1.807) is 0 Å². The molecule has 0 atom stereocenters. The highest BCUT2D eigenvalue weighted by atomic mass is 16.1. The van der Waals surface area contributed by atoms with Crippen molar-refractivity contribution >= 4 is 6.26 Å². The molecule has 0 unspecified atom stereocenters. The maximum Gasteiger partial charge on any atom is 0.145 e. The Morgan fingerprint density at radius 2 is 2.60 bits per heavy atom. The zero-order chi connectivity index (χ0) is 5.15. The Morgan fingerprint density at radius 3 is 2.60 bits per heavy atom. The van der Waals surface area contributed by atoms with Crippen molar-refractivity contribution in [2.24, 2.45) is 0 Å². The van der Waals surface area contributed by atoms with Crippen LogP contribution in [0.5, 0.6) is 0 Å². The van der Waals surface area contributed by atoms with Gasteiger partial charge in [-0.1, -0.05) is 6.58 Å². The molecule has 0 amide bonds. The van der Waals surface area contributed by atoms with Crippen LogP contribution in [0, 0.1) is 0 Å². The summed E-state index contributed by atoms with van der Waals surface area (Å²) in [6.07, 6.45) is -0.685. The topological polar surface area (TPSA) is 17.1 Å². The summed E-state index contributed by atoms with van der Waals surface area (Å²) in [6, 6.07) is 0. The molecule has 0 aliphatic rings. The van der Waals surface area contributed by atoms with Crippen LogP contribution >= 0.6 is 0 Å². The van der Waals surface area contributed by atoms with Crippen LogP contribution in [0.2, 0.25) is 0 Å². The number of hydrogen-bond donors (Lipinski definition) is 0. The maximum absolute atomic E-state index is 9.71. The van der Waals surface area contributed by atoms with Crippen molar-refractivity contribution in [1.82, 2.24) is 0 Å². The van der Waals surface area contributed by atoms with Crippen LogP contribution in [0.3, 0.4) is 0 Å². The number of rotatable bonds is 1. The summed E-state index contributed by atoms with van der Waals surface area (Å²) >= 11 is 0. The van der Waals surface area contributed by atoms with Gasteiger partial charge in [-0.05, 0) is 12.5 Å². The van der Waals surface area contributed by atoms with Crippen LogP contribution in [-0.2, 0) is 4.79 Å². The Balaban J connectivity index is 3.57. The Labute approximate surface area is 32.7 Å². The molecule has 1 nitrogen and oxygen atoms in total. The average molecular weight is 71.1 g/mol. The van der Waals surface area contributed by atoms with Gasteiger partial charge in [-0.2, -0.15) is 0 Å². The molecule has 5 heavy (non-hydrogen) atoms. The SMILES string of the molecule is [2H]C(=O)C(=C)C. The van der Waals surface area contributed by atoms with Gasteiger partial charge in [-0.3, -0.25) is 4.79 Å². The first-order valence-electron chi connectivity index (χ1n) is 1.81. The highest BCUT2D eigenvalue weighted by Gasteiger charge is 1.66. The van der Waals surface area contributed by atoms with E-state index in [2.05, 4.69) is 6.58 Å². The Morgan fingerprint density at radius 1 is 2.40 bits per heavy atom. The number of aldehydes is 1. The van der Waals surface area contributed by atoms with Crippen LogP contribution in [0.1, 0.15) is 8.29 Å². The first-order valence-corrected chi connectivity index (χ1v) is 1.31. The molecular weight excluding hydrogens is 64.0 g/mol. The summed E-state index contributed by atoms with van der Waals surface area (Å²) in [4.78, 5) is 9.71. The fourth-order valence-electron chi connectivity index (χ4n) is 0. The van der Waals surface area contributed by atoms with E-state index in [0.717, 1.165) is 0 Å². The Bertz CT molecular complexity index is 73.5. The lowest BCUT2D eigenvalue weighted by Gasteiger charge is -1.65. The molecule has 0 N–H and O–H groups in total. The van der Waals surface area contributed by atoms with Crippen molar-refractivity contribution < 1.29 is 6.17 Å². The zero-order valence-electron chi connectivity index (χ0n) is 4.12. The second-order valence-electron chi connectivity index (χ2n) is 0.882. The van der Waals surface area contributed by atoms with E-state index < -0.39 is 6.26 Å². The monoisotopic (exact) mass is 71.0 g/mol. The zero-order valence-corrected chi connectivity index (χ0v) is 3.12. The lowest BCUT2D eigenvalue weighted by atomic mass is 10.4. The van der Waals surface area contributed by atoms with Crippen LogP contribution < -0.4 is 0 Å². The molecular formula is C4H6O. The molecule has 0 aliphatic heterocycles. The number of hydrogen-bond acceptors (Lipinski definition) is 1. The van der Waals surface area contributed by atoms with Crippen LogP contribution in [-0.4, -0.2) is 6.26 Å². The van der Waals surface area contributed by atoms with Crippen molar-refractivity contribution in [1.29, 1.82) is 0 Å². The Hall–Kier alpha value is -0.590. The predicted octanol–water partition coefficient (Wildman–Crippen LogP) is 0.761.